The summed E-state index contributed by atoms with van der Waals surface area (Å²) in [4.78, 5) is 0. The zero-order chi connectivity index (χ0) is 16.4. The molecule has 0 unspecified atom stereocenters. The van der Waals surface area contributed by atoms with E-state index >= 15 is 0 Å². The summed E-state index contributed by atoms with van der Waals surface area (Å²) < 4.78 is 77.6. The van der Waals surface area contributed by atoms with Crippen LogP contribution in [0.4, 0.5) is 8.78 Å². The van der Waals surface area contributed by atoms with E-state index in [2.05, 4.69) is 0 Å². The van der Waals surface area contributed by atoms with Gasteiger partial charge in [0.05, 0.1) is 0 Å². The van der Waals surface area contributed by atoms with Gasteiger partial charge in [-0.1, -0.05) is 0 Å². The highest BCUT2D eigenvalue weighted by Crippen LogP contribution is 2.59. The molecule has 128 valence electrons. The van der Waals surface area contributed by atoms with Crippen molar-refractivity contribution in [1.82, 2.24) is 4.72 Å². The van der Waals surface area contributed by atoms with Crippen LogP contribution < -0.4 is 4.72 Å². The van der Waals surface area contributed by atoms with Crippen LogP contribution in [0.3, 0.4) is 0 Å². The summed E-state index contributed by atoms with van der Waals surface area (Å²) in [5.41, 5.74) is -0.370. The van der Waals surface area contributed by atoms with E-state index in [1.54, 1.807) is 4.72 Å². The first kappa shape index (κ1) is 16.5. The molecule has 22 heavy (non-hydrogen) atoms. The van der Waals surface area contributed by atoms with Crippen molar-refractivity contribution in [3.63, 3.8) is 0 Å². The number of sulfonamides is 1. The smallest absolute Gasteiger partial charge is 0.447 e. The number of halogens is 2. The van der Waals surface area contributed by atoms with E-state index in [4.69, 9.17) is 0 Å². The maximum atomic E-state index is 13.3. The molecule has 0 radical (unpaired) electrons. The molecular weight excluding hydrogens is 340 g/mol. The van der Waals surface area contributed by atoms with Crippen LogP contribution in [0.5, 0.6) is 0 Å². The molecule has 4 aliphatic rings. The minimum atomic E-state index is -6.27. The summed E-state index contributed by atoms with van der Waals surface area (Å²) in [5.74, 6) is 1.50. The number of hydrogen-bond donors (Lipinski definition) is 1. The second kappa shape index (κ2) is 4.84. The van der Waals surface area contributed by atoms with E-state index in [-0.39, 0.29) is 12.0 Å². The van der Waals surface area contributed by atoms with Crippen LogP contribution >= 0.6 is 0 Å². The van der Waals surface area contributed by atoms with E-state index in [0.29, 0.717) is 17.8 Å². The van der Waals surface area contributed by atoms with Gasteiger partial charge in [-0.25, -0.2) is 21.6 Å². The van der Waals surface area contributed by atoms with E-state index in [9.17, 15) is 30.2 Å². The highest BCUT2D eigenvalue weighted by atomic mass is 32.3. The SMILES string of the molecule is O=S(=O)([O-])C(F)(F)S(=O)(=O)NCC12CC3CC(CC(C3)C1)C2. The lowest BCUT2D eigenvalue weighted by molar-refractivity contribution is -0.0489. The van der Waals surface area contributed by atoms with Gasteiger partial charge in [-0.2, -0.15) is 8.78 Å². The summed E-state index contributed by atoms with van der Waals surface area (Å²) in [5, 5.41) is 0. The molecule has 10 heteroatoms. The number of nitrogens with one attached hydrogen (secondary N) is 1. The van der Waals surface area contributed by atoms with Crippen molar-refractivity contribution in [2.75, 3.05) is 6.54 Å². The Hall–Kier alpha value is -0.320. The minimum absolute atomic E-state index is 0.218. The van der Waals surface area contributed by atoms with Gasteiger partial charge in [0.1, 0.15) is 0 Å². The van der Waals surface area contributed by atoms with Gasteiger partial charge >= 0.3 is 4.59 Å². The summed E-state index contributed by atoms with van der Waals surface area (Å²) in [7, 11) is -11.8. The molecule has 6 nitrogen and oxygen atoms in total. The summed E-state index contributed by atoms with van der Waals surface area (Å²) in [6.45, 7) is -0.218. The fourth-order valence-corrected chi connectivity index (χ4v) is 6.89. The molecule has 0 heterocycles. The van der Waals surface area contributed by atoms with Crippen molar-refractivity contribution in [1.29, 1.82) is 0 Å². The average Bonchev–Trinajstić information content (AvgIpc) is 2.33. The Morgan fingerprint density at radius 2 is 1.41 bits per heavy atom. The molecule has 4 saturated carbocycles. The predicted molar refractivity (Wildman–Crippen MR) is 72.2 cm³/mol. The van der Waals surface area contributed by atoms with Gasteiger partial charge in [-0.05, 0) is 61.7 Å². The van der Waals surface area contributed by atoms with Crippen LogP contribution in [0.15, 0.2) is 0 Å². The third-order valence-electron chi connectivity index (χ3n) is 5.41. The molecule has 0 saturated heterocycles. The molecular formula is C12H18F2NO5S2-. The fourth-order valence-electron chi connectivity index (χ4n) is 4.97. The van der Waals surface area contributed by atoms with Gasteiger partial charge in [0.25, 0.3) is 10.0 Å². The number of hydrogen-bond acceptors (Lipinski definition) is 5. The van der Waals surface area contributed by atoms with Crippen molar-refractivity contribution in [2.45, 2.75) is 43.1 Å². The Labute approximate surface area is 128 Å². The Morgan fingerprint density at radius 1 is 1.00 bits per heavy atom. The van der Waals surface area contributed by atoms with Gasteiger partial charge in [0.15, 0.2) is 10.1 Å². The summed E-state index contributed by atoms with van der Waals surface area (Å²) in [6.07, 6.45) is 5.65. The van der Waals surface area contributed by atoms with Crippen LogP contribution in [0, 0.1) is 23.2 Å². The van der Waals surface area contributed by atoms with Crippen molar-refractivity contribution >= 4 is 20.1 Å². The molecule has 0 aliphatic heterocycles. The average molecular weight is 358 g/mol. The van der Waals surface area contributed by atoms with Crippen LogP contribution in [0.2, 0.25) is 0 Å². The quantitative estimate of drug-likeness (QED) is 0.744. The second-order valence-corrected chi connectivity index (χ2v) is 10.6. The molecule has 1 N–H and O–H groups in total. The maximum absolute atomic E-state index is 13.3. The van der Waals surface area contributed by atoms with Gasteiger partial charge < -0.3 is 4.55 Å². The highest BCUT2D eigenvalue weighted by molar-refractivity contribution is 8.06. The zero-order valence-electron chi connectivity index (χ0n) is 11.8. The van der Waals surface area contributed by atoms with E-state index in [0.717, 1.165) is 38.5 Å². The van der Waals surface area contributed by atoms with Crippen LogP contribution in [0.1, 0.15) is 38.5 Å². The minimum Gasteiger partial charge on any atom is -0.742 e. The monoisotopic (exact) mass is 358 g/mol. The Balaban J connectivity index is 1.75. The molecule has 0 spiro atoms. The third-order valence-corrected chi connectivity index (χ3v) is 8.41. The summed E-state index contributed by atoms with van der Waals surface area (Å²) in [6, 6.07) is 0. The topological polar surface area (TPSA) is 103 Å². The Bertz CT molecular complexity index is 638. The molecule has 0 aromatic carbocycles. The first-order valence-corrected chi connectivity index (χ1v) is 10.2. The van der Waals surface area contributed by atoms with Crippen LogP contribution in [0.25, 0.3) is 0 Å². The first-order chi connectivity index (χ1) is 9.94. The van der Waals surface area contributed by atoms with Gasteiger partial charge in [0, 0.05) is 6.54 Å². The third kappa shape index (κ3) is 2.57. The first-order valence-electron chi connectivity index (χ1n) is 7.27. The molecule has 0 aromatic rings. The molecule has 4 aliphatic carbocycles. The maximum Gasteiger partial charge on any atom is 0.447 e. The lowest BCUT2D eigenvalue weighted by atomic mass is 9.50. The molecule has 4 fully saturated rings. The lowest BCUT2D eigenvalue weighted by Gasteiger charge is -2.56. The van der Waals surface area contributed by atoms with Crippen molar-refractivity contribution < 1.29 is 30.2 Å². The lowest BCUT2D eigenvalue weighted by Crippen LogP contribution is -2.53. The van der Waals surface area contributed by atoms with Crippen LogP contribution in [-0.4, -0.2) is 32.5 Å². The standard InChI is InChI=1S/C12H19F2NO5S2/c13-12(14,22(18,19)20)21(16,17)15-7-11-4-8-1-9(5-11)3-10(2-8)6-11/h8-10,15H,1-7H2,(H,18,19,20)/p-1. The van der Waals surface area contributed by atoms with Crippen LogP contribution in [-0.2, 0) is 20.1 Å². The van der Waals surface area contributed by atoms with E-state index in [1.165, 1.54) is 0 Å². The van der Waals surface area contributed by atoms with Crippen molar-refractivity contribution in [3.05, 3.63) is 0 Å². The predicted octanol–water partition coefficient (Wildman–Crippen LogP) is 1.22. The van der Waals surface area contributed by atoms with E-state index in [1.807, 2.05) is 0 Å². The Kier molecular flexibility index (Phi) is 3.64. The largest absolute Gasteiger partial charge is 0.742 e. The highest BCUT2D eigenvalue weighted by Gasteiger charge is 2.55. The zero-order valence-corrected chi connectivity index (χ0v) is 13.4. The van der Waals surface area contributed by atoms with Gasteiger partial charge in [0.2, 0.25) is 0 Å². The van der Waals surface area contributed by atoms with Crippen molar-refractivity contribution in [2.24, 2.45) is 23.2 Å². The molecule has 0 aromatic heterocycles. The summed E-state index contributed by atoms with van der Waals surface area (Å²) >= 11 is 0. The molecule has 4 rings (SSSR count). The second-order valence-electron chi connectivity index (χ2n) is 7.16. The normalized spacial score (nSPS) is 38.4. The number of alkyl halides is 2. The Morgan fingerprint density at radius 3 is 1.77 bits per heavy atom. The van der Waals surface area contributed by atoms with Crippen molar-refractivity contribution in [3.8, 4) is 0 Å². The fraction of sp³-hybridized carbons (Fsp3) is 1.00. The van der Waals surface area contributed by atoms with E-state index < -0.39 is 24.7 Å². The molecule has 4 bridgehead atoms. The van der Waals surface area contributed by atoms with Gasteiger partial charge in [-0.15, -0.1) is 0 Å². The molecule has 0 atom stereocenters. The number of rotatable bonds is 5. The van der Waals surface area contributed by atoms with Gasteiger partial charge in [-0.3, -0.25) is 0 Å². The molecule has 0 amide bonds.